The van der Waals surface area contributed by atoms with Crippen LogP contribution in [0.5, 0.6) is 5.75 Å². The van der Waals surface area contributed by atoms with Crippen LogP contribution in [-0.4, -0.2) is 12.6 Å². The molecule has 3 atom stereocenters. The van der Waals surface area contributed by atoms with Crippen molar-refractivity contribution in [3.05, 3.63) is 29.8 Å². The third-order valence-corrected chi connectivity index (χ3v) is 4.83. The van der Waals surface area contributed by atoms with Gasteiger partial charge in [0.2, 0.25) is 0 Å². The van der Waals surface area contributed by atoms with E-state index in [1.807, 2.05) is 6.92 Å². The molecule has 2 rings (SSSR count). The molecule has 0 spiro atoms. The molecule has 2 heteroatoms. The largest absolute Gasteiger partial charge is 0.494 e. The molecule has 0 aromatic heterocycles. The van der Waals surface area contributed by atoms with Gasteiger partial charge >= 0.3 is 0 Å². The number of benzene rings is 1. The predicted molar refractivity (Wildman–Crippen MR) is 89.7 cm³/mol. The minimum absolute atomic E-state index is 0.407. The van der Waals surface area contributed by atoms with E-state index in [0.717, 1.165) is 24.2 Å². The van der Waals surface area contributed by atoms with E-state index >= 15 is 0 Å². The van der Waals surface area contributed by atoms with E-state index in [-0.39, 0.29) is 0 Å². The van der Waals surface area contributed by atoms with E-state index in [9.17, 15) is 0 Å². The highest BCUT2D eigenvalue weighted by Gasteiger charge is 2.28. The molecule has 0 heterocycles. The summed E-state index contributed by atoms with van der Waals surface area (Å²) >= 11 is 0. The summed E-state index contributed by atoms with van der Waals surface area (Å²) in [7, 11) is 0. The van der Waals surface area contributed by atoms with Crippen LogP contribution in [0.1, 0.15) is 65.0 Å². The van der Waals surface area contributed by atoms with Gasteiger partial charge in [-0.3, -0.25) is 0 Å². The first-order valence-electron chi connectivity index (χ1n) is 8.60. The molecular formula is C19H31NO. The summed E-state index contributed by atoms with van der Waals surface area (Å²) in [4.78, 5) is 0. The highest BCUT2D eigenvalue weighted by atomic mass is 16.5. The van der Waals surface area contributed by atoms with Gasteiger partial charge in [-0.05, 0) is 56.2 Å². The third kappa shape index (κ3) is 4.47. The van der Waals surface area contributed by atoms with Gasteiger partial charge in [0.15, 0.2) is 0 Å². The van der Waals surface area contributed by atoms with E-state index in [4.69, 9.17) is 4.74 Å². The topological polar surface area (TPSA) is 21.3 Å². The number of nitrogens with one attached hydrogen (secondary N) is 1. The van der Waals surface area contributed by atoms with Crippen LogP contribution in [-0.2, 0) is 0 Å². The Morgan fingerprint density at radius 1 is 1.10 bits per heavy atom. The average molecular weight is 289 g/mol. The molecule has 0 aliphatic heterocycles. The van der Waals surface area contributed by atoms with Gasteiger partial charge in [-0.2, -0.15) is 0 Å². The fourth-order valence-corrected chi connectivity index (χ4v) is 3.60. The van der Waals surface area contributed by atoms with E-state index in [2.05, 4.69) is 50.4 Å². The molecule has 3 unspecified atom stereocenters. The summed E-state index contributed by atoms with van der Waals surface area (Å²) in [5, 5.41) is 3.88. The lowest BCUT2D eigenvalue weighted by Gasteiger charge is -2.37. The van der Waals surface area contributed by atoms with Crippen LogP contribution in [0.4, 0.5) is 0 Å². The van der Waals surface area contributed by atoms with Crippen molar-refractivity contribution in [3.63, 3.8) is 0 Å². The van der Waals surface area contributed by atoms with Crippen molar-refractivity contribution in [3.8, 4) is 5.75 Å². The van der Waals surface area contributed by atoms with Gasteiger partial charge in [-0.15, -0.1) is 0 Å². The molecule has 0 radical (unpaired) electrons. The fourth-order valence-electron chi connectivity index (χ4n) is 3.60. The second kappa shape index (κ2) is 7.84. The van der Waals surface area contributed by atoms with Crippen LogP contribution in [0.25, 0.3) is 0 Å². The van der Waals surface area contributed by atoms with Crippen molar-refractivity contribution < 1.29 is 4.74 Å². The Morgan fingerprint density at radius 3 is 2.38 bits per heavy atom. The Balaban J connectivity index is 1.97. The van der Waals surface area contributed by atoms with Gasteiger partial charge < -0.3 is 10.1 Å². The first-order valence-corrected chi connectivity index (χ1v) is 8.60. The normalized spacial score (nSPS) is 24.0. The van der Waals surface area contributed by atoms with Crippen molar-refractivity contribution in [2.75, 3.05) is 6.61 Å². The summed E-state index contributed by atoms with van der Waals surface area (Å²) in [6.45, 7) is 9.76. The van der Waals surface area contributed by atoms with E-state index in [0.29, 0.717) is 12.1 Å². The van der Waals surface area contributed by atoms with Crippen molar-refractivity contribution in [2.45, 2.75) is 65.5 Å². The minimum atomic E-state index is 0.407. The lowest BCUT2D eigenvalue weighted by Crippen LogP contribution is -2.42. The van der Waals surface area contributed by atoms with Crippen LogP contribution in [0.3, 0.4) is 0 Å². The third-order valence-electron chi connectivity index (χ3n) is 4.83. The minimum Gasteiger partial charge on any atom is -0.494 e. The second-order valence-corrected chi connectivity index (χ2v) is 6.69. The zero-order chi connectivity index (χ0) is 15.2. The quantitative estimate of drug-likeness (QED) is 0.800. The molecule has 118 valence electrons. The summed E-state index contributed by atoms with van der Waals surface area (Å²) < 4.78 is 5.52. The average Bonchev–Trinajstić information content (AvgIpc) is 2.48. The summed E-state index contributed by atoms with van der Waals surface area (Å²) in [5.41, 5.74) is 1.35. The lowest BCUT2D eigenvalue weighted by molar-refractivity contribution is 0.195. The van der Waals surface area contributed by atoms with Crippen molar-refractivity contribution in [1.29, 1.82) is 0 Å². The Labute approximate surface area is 130 Å². The van der Waals surface area contributed by atoms with Crippen LogP contribution in [0.2, 0.25) is 0 Å². The monoisotopic (exact) mass is 289 g/mol. The molecule has 1 saturated carbocycles. The maximum Gasteiger partial charge on any atom is 0.119 e. The predicted octanol–water partition coefficient (Wildman–Crippen LogP) is 4.95. The molecule has 1 aliphatic carbocycles. The first kappa shape index (κ1) is 16.4. The lowest BCUT2D eigenvalue weighted by atomic mass is 9.77. The number of hydrogen-bond donors (Lipinski definition) is 1. The van der Waals surface area contributed by atoms with Crippen molar-refractivity contribution >= 4 is 0 Å². The molecule has 1 N–H and O–H groups in total. The van der Waals surface area contributed by atoms with E-state index in [1.165, 1.54) is 31.2 Å². The molecule has 1 fully saturated rings. The Morgan fingerprint density at radius 2 is 1.76 bits per heavy atom. The Bertz CT molecular complexity index is 412. The summed E-state index contributed by atoms with van der Waals surface area (Å²) in [5.74, 6) is 2.56. The SMILES string of the molecule is CCOc1ccc(C(C)NC2CCCCC2C(C)C)cc1. The van der Waals surface area contributed by atoms with E-state index < -0.39 is 0 Å². The van der Waals surface area contributed by atoms with Gasteiger partial charge in [0.05, 0.1) is 6.61 Å². The smallest absolute Gasteiger partial charge is 0.119 e. The molecule has 0 amide bonds. The second-order valence-electron chi connectivity index (χ2n) is 6.69. The molecule has 1 aliphatic rings. The number of ether oxygens (including phenoxy) is 1. The Hall–Kier alpha value is -1.02. The highest BCUT2D eigenvalue weighted by molar-refractivity contribution is 5.29. The summed E-state index contributed by atoms with van der Waals surface area (Å²) in [6, 6.07) is 9.62. The zero-order valence-electron chi connectivity index (χ0n) is 14.1. The molecule has 21 heavy (non-hydrogen) atoms. The van der Waals surface area contributed by atoms with E-state index in [1.54, 1.807) is 0 Å². The Kier molecular flexibility index (Phi) is 6.10. The van der Waals surface area contributed by atoms with Crippen LogP contribution < -0.4 is 10.1 Å². The molecule has 2 nitrogen and oxygen atoms in total. The highest BCUT2D eigenvalue weighted by Crippen LogP contribution is 2.31. The maximum absolute atomic E-state index is 5.52. The fraction of sp³-hybridized carbons (Fsp3) is 0.684. The van der Waals surface area contributed by atoms with Crippen LogP contribution in [0.15, 0.2) is 24.3 Å². The zero-order valence-corrected chi connectivity index (χ0v) is 14.1. The number of rotatable bonds is 6. The first-order chi connectivity index (χ1) is 10.1. The van der Waals surface area contributed by atoms with Crippen molar-refractivity contribution in [2.24, 2.45) is 11.8 Å². The van der Waals surface area contributed by atoms with Crippen LogP contribution >= 0.6 is 0 Å². The molecule has 1 aromatic carbocycles. The summed E-state index contributed by atoms with van der Waals surface area (Å²) in [6.07, 6.45) is 5.48. The van der Waals surface area contributed by atoms with Gasteiger partial charge in [-0.25, -0.2) is 0 Å². The van der Waals surface area contributed by atoms with Gasteiger partial charge in [0.1, 0.15) is 5.75 Å². The number of hydrogen-bond acceptors (Lipinski definition) is 2. The molecule has 1 aromatic rings. The van der Waals surface area contributed by atoms with Crippen LogP contribution in [0, 0.1) is 11.8 Å². The maximum atomic E-state index is 5.52. The standard InChI is InChI=1S/C19H31NO/c1-5-21-17-12-10-16(11-13-17)15(4)20-19-9-7-6-8-18(19)14(2)3/h10-15,18-20H,5-9H2,1-4H3. The van der Waals surface area contributed by atoms with Crippen molar-refractivity contribution in [1.82, 2.24) is 5.32 Å². The molecule has 0 bridgehead atoms. The molecule has 0 saturated heterocycles. The van der Waals surface area contributed by atoms with Gasteiger partial charge in [-0.1, -0.05) is 38.8 Å². The molecular weight excluding hydrogens is 258 g/mol. The van der Waals surface area contributed by atoms with Gasteiger partial charge in [0, 0.05) is 12.1 Å². The van der Waals surface area contributed by atoms with Gasteiger partial charge in [0.25, 0.3) is 0 Å².